The van der Waals surface area contributed by atoms with E-state index in [4.69, 9.17) is 28.9 Å². The van der Waals surface area contributed by atoms with Crippen LogP contribution in [0.3, 0.4) is 0 Å². The quantitative estimate of drug-likeness (QED) is 0.819. The van der Waals surface area contributed by atoms with Crippen molar-refractivity contribution in [3.8, 4) is 0 Å². The van der Waals surface area contributed by atoms with Crippen LogP contribution in [0.4, 0.5) is 13.2 Å². The van der Waals surface area contributed by atoms with E-state index in [9.17, 15) is 13.2 Å². The second-order valence-corrected chi connectivity index (χ2v) is 3.43. The van der Waals surface area contributed by atoms with Gasteiger partial charge in [-0.2, -0.15) is 0 Å². The molecule has 1 nitrogen and oxygen atoms in total. The number of nitrogens with two attached hydrogens (primary N) is 1. The number of benzene rings is 1. The molecule has 86 valence electrons. The van der Waals surface area contributed by atoms with Crippen LogP contribution in [0.25, 0.3) is 0 Å². The van der Waals surface area contributed by atoms with Gasteiger partial charge in [-0.05, 0) is 12.1 Å². The first-order valence-corrected chi connectivity index (χ1v) is 4.38. The van der Waals surface area contributed by atoms with Gasteiger partial charge in [-0.1, -0.05) is 23.2 Å². The van der Waals surface area contributed by atoms with Crippen LogP contribution in [-0.4, -0.2) is 6.43 Å². The molecule has 0 aromatic heterocycles. The number of hydrogen-bond donors (Lipinski definition) is 1. The second kappa shape index (κ2) is 5.80. The molecule has 7 heteroatoms. The Labute approximate surface area is 101 Å². The lowest BCUT2D eigenvalue weighted by Crippen LogP contribution is -2.20. The van der Waals surface area contributed by atoms with Gasteiger partial charge < -0.3 is 5.73 Å². The first kappa shape index (κ1) is 14.8. The van der Waals surface area contributed by atoms with Crippen molar-refractivity contribution in [2.45, 2.75) is 12.5 Å². The Bertz CT molecular complexity index is 346. The lowest BCUT2D eigenvalue weighted by Gasteiger charge is -2.14. The summed E-state index contributed by atoms with van der Waals surface area (Å²) in [5.41, 5.74) is 4.63. The maximum atomic E-state index is 13.2. The SMILES string of the molecule is Cl.N[C@H](c1c(Cl)ccc(Cl)c1F)C(F)F. The number of rotatable bonds is 2. The van der Waals surface area contributed by atoms with Crippen LogP contribution < -0.4 is 5.73 Å². The fraction of sp³-hybridized carbons (Fsp3) is 0.250. The number of hydrogen-bond acceptors (Lipinski definition) is 1. The minimum Gasteiger partial charge on any atom is -0.319 e. The van der Waals surface area contributed by atoms with E-state index in [2.05, 4.69) is 0 Å². The molecule has 1 rings (SSSR count). The van der Waals surface area contributed by atoms with Gasteiger partial charge in [0.05, 0.1) is 11.1 Å². The van der Waals surface area contributed by atoms with Gasteiger partial charge in [0.1, 0.15) is 5.82 Å². The first-order chi connectivity index (χ1) is 6.45. The maximum Gasteiger partial charge on any atom is 0.257 e. The summed E-state index contributed by atoms with van der Waals surface area (Å²) in [6.07, 6.45) is -2.89. The lowest BCUT2D eigenvalue weighted by molar-refractivity contribution is 0.115. The van der Waals surface area contributed by atoms with Crippen molar-refractivity contribution in [1.29, 1.82) is 0 Å². The van der Waals surface area contributed by atoms with E-state index in [-0.39, 0.29) is 22.5 Å². The fourth-order valence-corrected chi connectivity index (χ4v) is 1.41. The van der Waals surface area contributed by atoms with Gasteiger partial charge >= 0.3 is 0 Å². The lowest BCUT2D eigenvalue weighted by atomic mass is 10.1. The van der Waals surface area contributed by atoms with Gasteiger partial charge in [0.15, 0.2) is 0 Å². The molecule has 2 N–H and O–H groups in total. The van der Waals surface area contributed by atoms with Crippen LogP contribution in [0.1, 0.15) is 11.6 Å². The summed E-state index contributed by atoms with van der Waals surface area (Å²) in [5.74, 6) is -0.994. The molecule has 0 heterocycles. The third kappa shape index (κ3) is 3.14. The average Bonchev–Trinajstić information content (AvgIpc) is 2.12. The summed E-state index contributed by atoms with van der Waals surface area (Å²) in [6, 6.07) is 0.645. The van der Waals surface area contributed by atoms with Gasteiger partial charge in [-0.3, -0.25) is 0 Å². The zero-order valence-corrected chi connectivity index (χ0v) is 9.51. The van der Waals surface area contributed by atoms with Crippen LogP contribution in [0.5, 0.6) is 0 Å². The zero-order valence-electron chi connectivity index (χ0n) is 7.18. The Morgan fingerprint density at radius 1 is 1.13 bits per heavy atom. The van der Waals surface area contributed by atoms with Crippen molar-refractivity contribution < 1.29 is 13.2 Å². The smallest absolute Gasteiger partial charge is 0.257 e. The molecule has 15 heavy (non-hydrogen) atoms. The zero-order chi connectivity index (χ0) is 10.9. The maximum absolute atomic E-state index is 13.2. The van der Waals surface area contributed by atoms with Crippen LogP contribution in [0.2, 0.25) is 10.0 Å². The highest BCUT2D eigenvalue weighted by atomic mass is 35.5. The molecule has 0 aliphatic rings. The molecule has 0 saturated carbocycles. The minimum atomic E-state index is -2.89. The third-order valence-corrected chi connectivity index (χ3v) is 2.31. The summed E-state index contributed by atoms with van der Waals surface area (Å²) in [7, 11) is 0. The molecule has 0 saturated heterocycles. The normalized spacial score (nSPS) is 12.5. The molecule has 0 spiro atoms. The molecule has 0 amide bonds. The summed E-state index contributed by atoms with van der Waals surface area (Å²) < 4.78 is 37.7. The Morgan fingerprint density at radius 3 is 2.07 bits per heavy atom. The summed E-state index contributed by atoms with van der Waals surface area (Å²) in [4.78, 5) is 0. The van der Waals surface area contributed by atoms with Crippen molar-refractivity contribution >= 4 is 35.6 Å². The number of alkyl halides is 2. The van der Waals surface area contributed by atoms with Gasteiger partial charge in [0.25, 0.3) is 6.43 Å². The van der Waals surface area contributed by atoms with E-state index in [1.54, 1.807) is 0 Å². The van der Waals surface area contributed by atoms with Crippen molar-refractivity contribution in [3.05, 3.63) is 33.6 Å². The Kier molecular flexibility index (Phi) is 5.73. The number of halogens is 6. The Hall–Kier alpha value is -0.160. The van der Waals surface area contributed by atoms with Gasteiger partial charge in [0.2, 0.25) is 0 Å². The monoisotopic (exact) mass is 279 g/mol. The summed E-state index contributed by atoms with van der Waals surface area (Å²) >= 11 is 10.9. The van der Waals surface area contributed by atoms with Crippen molar-refractivity contribution in [3.63, 3.8) is 0 Å². The molecular formula is C8H7Cl3F3N. The van der Waals surface area contributed by atoms with E-state index in [0.29, 0.717) is 0 Å². The molecular weight excluding hydrogens is 273 g/mol. The molecule has 0 fully saturated rings. The fourth-order valence-electron chi connectivity index (χ4n) is 0.974. The molecule has 1 aromatic rings. The van der Waals surface area contributed by atoms with Crippen LogP contribution >= 0.6 is 35.6 Å². The highest BCUT2D eigenvalue weighted by molar-refractivity contribution is 6.33. The predicted molar refractivity (Wildman–Crippen MR) is 56.6 cm³/mol. The second-order valence-electron chi connectivity index (χ2n) is 2.62. The average molecular weight is 281 g/mol. The molecule has 0 aliphatic heterocycles. The molecule has 0 unspecified atom stereocenters. The molecule has 1 atom stereocenters. The minimum absolute atomic E-state index is 0. The van der Waals surface area contributed by atoms with Gasteiger partial charge in [-0.15, -0.1) is 12.4 Å². The van der Waals surface area contributed by atoms with Gasteiger partial charge in [0, 0.05) is 10.6 Å². The van der Waals surface area contributed by atoms with Crippen molar-refractivity contribution in [1.82, 2.24) is 0 Å². The van der Waals surface area contributed by atoms with Crippen molar-refractivity contribution in [2.24, 2.45) is 5.73 Å². The first-order valence-electron chi connectivity index (χ1n) is 3.62. The topological polar surface area (TPSA) is 26.0 Å². The van der Waals surface area contributed by atoms with E-state index in [1.807, 2.05) is 0 Å². The predicted octanol–water partition coefficient (Wildman–Crippen LogP) is 3.82. The van der Waals surface area contributed by atoms with Crippen molar-refractivity contribution in [2.75, 3.05) is 0 Å². The Balaban J connectivity index is 0.00000196. The molecule has 0 radical (unpaired) electrons. The summed E-state index contributed by atoms with van der Waals surface area (Å²) in [5, 5.41) is -0.430. The van der Waals surface area contributed by atoms with Gasteiger partial charge in [-0.25, -0.2) is 13.2 Å². The van der Waals surface area contributed by atoms with E-state index in [1.165, 1.54) is 12.1 Å². The van der Waals surface area contributed by atoms with E-state index >= 15 is 0 Å². The molecule has 0 bridgehead atoms. The van der Waals surface area contributed by atoms with E-state index in [0.717, 1.165) is 0 Å². The summed E-state index contributed by atoms with van der Waals surface area (Å²) in [6.45, 7) is 0. The van der Waals surface area contributed by atoms with Crippen LogP contribution in [0.15, 0.2) is 12.1 Å². The Morgan fingerprint density at radius 2 is 1.60 bits per heavy atom. The third-order valence-electron chi connectivity index (χ3n) is 1.68. The van der Waals surface area contributed by atoms with Crippen LogP contribution in [-0.2, 0) is 0 Å². The standard InChI is InChI=1S/C8H6Cl2F3N.ClH/c9-3-1-2-4(10)6(11)5(3)7(14)8(12)13;/h1-2,7-8H,14H2;1H/t7-;/m1./s1. The highest BCUT2D eigenvalue weighted by Gasteiger charge is 2.25. The highest BCUT2D eigenvalue weighted by Crippen LogP contribution is 2.31. The molecule has 1 aromatic carbocycles. The van der Waals surface area contributed by atoms with E-state index < -0.39 is 23.8 Å². The van der Waals surface area contributed by atoms with Crippen LogP contribution in [0, 0.1) is 5.82 Å². The molecule has 0 aliphatic carbocycles. The largest absolute Gasteiger partial charge is 0.319 e.